The van der Waals surface area contributed by atoms with Crippen LogP contribution in [0, 0.1) is 6.92 Å². The molecule has 0 spiro atoms. The van der Waals surface area contributed by atoms with Gasteiger partial charge in [0.2, 0.25) is 0 Å². The Morgan fingerprint density at radius 1 is 1.05 bits per heavy atom. The summed E-state index contributed by atoms with van der Waals surface area (Å²) in [6.07, 6.45) is -4.97. The fraction of sp³-hybridized carbons (Fsp3) is 0.115. The Morgan fingerprint density at radius 2 is 1.78 bits per heavy atom. The summed E-state index contributed by atoms with van der Waals surface area (Å²) < 4.78 is 49.9. The lowest BCUT2D eigenvalue weighted by Crippen LogP contribution is -2.09. The third-order valence-corrected chi connectivity index (χ3v) is 7.08. The number of halogens is 4. The Kier molecular flexibility index (Phi) is 6.61. The van der Waals surface area contributed by atoms with Crippen LogP contribution in [-0.2, 0) is 6.18 Å². The molecule has 3 aromatic carbocycles. The summed E-state index contributed by atoms with van der Waals surface area (Å²) >= 11 is 7.78. The molecule has 11 heteroatoms. The molecular weight excluding hydrogens is 527 g/mol. The number of aromatic amines is 1. The molecule has 0 fully saturated rings. The number of rotatable bonds is 6. The highest BCUT2D eigenvalue weighted by Crippen LogP contribution is 2.39. The van der Waals surface area contributed by atoms with Gasteiger partial charge in [-0.05, 0) is 42.8 Å². The van der Waals surface area contributed by atoms with Gasteiger partial charge in [0.25, 0.3) is 0 Å². The Hall–Kier alpha value is -3.89. The molecule has 6 nitrogen and oxygen atoms in total. The standard InChI is InChI=1S/C26H17ClF3N3O3S/c1-14-22(37-24(31-14)16-7-9-17(10-8-16)26(28,29)30)21(15-5-3-2-4-6-15)35-18-11-12-19(20(27)13-18)23-32-25(34)36-33-23/h2-13,21H,1H3,(H,32,33,34). The number of aromatic nitrogens is 3. The molecule has 0 bridgehead atoms. The van der Waals surface area contributed by atoms with E-state index in [0.717, 1.165) is 22.6 Å². The topological polar surface area (TPSA) is 81.0 Å². The summed E-state index contributed by atoms with van der Waals surface area (Å²) in [5.74, 6) is -0.0435. The van der Waals surface area contributed by atoms with Crippen molar-refractivity contribution >= 4 is 22.9 Å². The van der Waals surface area contributed by atoms with E-state index in [4.69, 9.17) is 16.3 Å². The van der Waals surface area contributed by atoms with Crippen LogP contribution in [0.5, 0.6) is 5.75 Å². The van der Waals surface area contributed by atoms with Crippen molar-refractivity contribution in [1.29, 1.82) is 0 Å². The fourth-order valence-electron chi connectivity index (χ4n) is 3.72. The van der Waals surface area contributed by atoms with Gasteiger partial charge in [-0.2, -0.15) is 13.2 Å². The van der Waals surface area contributed by atoms with Gasteiger partial charge in [-0.3, -0.25) is 9.51 Å². The van der Waals surface area contributed by atoms with E-state index in [1.165, 1.54) is 23.5 Å². The number of hydrogen-bond acceptors (Lipinski definition) is 6. The van der Waals surface area contributed by atoms with E-state index in [-0.39, 0.29) is 5.82 Å². The molecule has 5 rings (SSSR count). The maximum Gasteiger partial charge on any atom is 0.439 e. The second-order valence-corrected chi connectivity index (χ2v) is 9.48. The lowest BCUT2D eigenvalue weighted by molar-refractivity contribution is -0.137. The van der Waals surface area contributed by atoms with E-state index < -0.39 is 23.6 Å². The molecule has 5 aromatic rings. The van der Waals surface area contributed by atoms with Gasteiger partial charge in [0.05, 0.1) is 21.2 Å². The zero-order valence-corrected chi connectivity index (χ0v) is 20.6. The van der Waals surface area contributed by atoms with E-state index in [9.17, 15) is 18.0 Å². The molecule has 2 heterocycles. The summed E-state index contributed by atoms with van der Waals surface area (Å²) in [7, 11) is 0. The largest absolute Gasteiger partial charge is 0.480 e. The van der Waals surface area contributed by atoms with Crippen molar-refractivity contribution < 1.29 is 22.4 Å². The van der Waals surface area contributed by atoms with Crippen molar-refractivity contribution in [2.45, 2.75) is 19.2 Å². The molecule has 0 aliphatic heterocycles. The van der Waals surface area contributed by atoms with E-state index in [0.29, 0.717) is 32.6 Å². The minimum atomic E-state index is -4.41. The molecule has 0 amide bonds. The maximum atomic E-state index is 13.0. The van der Waals surface area contributed by atoms with Crippen LogP contribution in [0.1, 0.15) is 27.8 Å². The first kappa shape index (κ1) is 24.8. The van der Waals surface area contributed by atoms with Gasteiger partial charge in [-0.1, -0.05) is 59.2 Å². The third kappa shape index (κ3) is 5.30. The highest BCUT2D eigenvalue weighted by atomic mass is 35.5. The lowest BCUT2D eigenvalue weighted by Gasteiger charge is -2.19. The van der Waals surface area contributed by atoms with Crippen molar-refractivity contribution in [3.63, 3.8) is 0 Å². The van der Waals surface area contributed by atoms with Crippen LogP contribution < -0.4 is 10.5 Å². The number of thiazole rings is 1. The SMILES string of the molecule is Cc1nc(-c2ccc(C(F)(F)F)cc2)sc1C(Oc1ccc(-c2noc(=O)[nH]2)c(Cl)c1)c1ccccc1. The van der Waals surface area contributed by atoms with Crippen molar-refractivity contribution in [1.82, 2.24) is 15.1 Å². The minimum absolute atomic E-state index is 0.195. The first-order valence-electron chi connectivity index (χ1n) is 10.9. The highest BCUT2D eigenvalue weighted by molar-refractivity contribution is 7.15. The Labute approximate surface area is 217 Å². The average Bonchev–Trinajstić information content (AvgIpc) is 3.48. The number of nitrogens with zero attached hydrogens (tertiary/aromatic N) is 2. The van der Waals surface area contributed by atoms with Gasteiger partial charge < -0.3 is 4.74 Å². The number of alkyl halides is 3. The Balaban J connectivity index is 1.49. The molecule has 37 heavy (non-hydrogen) atoms. The van der Waals surface area contributed by atoms with E-state index in [1.54, 1.807) is 18.2 Å². The van der Waals surface area contributed by atoms with Crippen LogP contribution in [0.25, 0.3) is 22.0 Å². The van der Waals surface area contributed by atoms with Crippen molar-refractivity contribution in [3.05, 3.63) is 110 Å². The molecule has 188 valence electrons. The van der Waals surface area contributed by atoms with Crippen molar-refractivity contribution in [2.75, 3.05) is 0 Å². The second kappa shape index (κ2) is 9.87. The summed E-state index contributed by atoms with van der Waals surface area (Å²) in [6, 6.07) is 19.3. The lowest BCUT2D eigenvalue weighted by atomic mass is 10.1. The molecule has 0 saturated heterocycles. The predicted molar refractivity (Wildman–Crippen MR) is 134 cm³/mol. The first-order valence-corrected chi connectivity index (χ1v) is 12.1. The van der Waals surface area contributed by atoms with Crippen molar-refractivity contribution in [3.8, 4) is 27.7 Å². The second-order valence-electron chi connectivity index (χ2n) is 8.04. The van der Waals surface area contributed by atoms with Gasteiger partial charge >= 0.3 is 11.9 Å². The monoisotopic (exact) mass is 543 g/mol. The van der Waals surface area contributed by atoms with Gasteiger partial charge in [0, 0.05) is 11.1 Å². The van der Waals surface area contributed by atoms with E-state index in [2.05, 4.69) is 19.6 Å². The number of hydrogen-bond donors (Lipinski definition) is 1. The van der Waals surface area contributed by atoms with Crippen LogP contribution in [0.4, 0.5) is 13.2 Å². The van der Waals surface area contributed by atoms with Crippen LogP contribution in [0.2, 0.25) is 5.02 Å². The maximum absolute atomic E-state index is 13.0. The number of benzene rings is 3. The normalized spacial score (nSPS) is 12.5. The van der Waals surface area contributed by atoms with Gasteiger partial charge in [-0.15, -0.1) is 11.3 Å². The zero-order valence-electron chi connectivity index (χ0n) is 19.0. The molecule has 1 atom stereocenters. The molecule has 0 saturated carbocycles. The van der Waals surface area contributed by atoms with Crippen molar-refractivity contribution in [2.24, 2.45) is 0 Å². The highest BCUT2D eigenvalue weighted by Gasteiger charge is 2.30. The minimum Gasteiger partial charge on any atom is -0.480 e. The summed E-state index contributed by atoms with van der Waals surface area (Å²) in [5, 5.41) is 4.53. The van der Waals surface area contributed by atoms with Crippen LogP contribution in [0.3, 0.4) is 0 Å². The number of aryl methyl sites for hydroxylation is 1. The molecule has 0 aliphatic carbocycles. The summed E-state index contributed by atoms with van der Waals surface area (Å²) in [5.41, 5.74) is 1.87. The summed E-state index contributed by atoms with van der Waals surface area (Å²) in [6.45, 7) is 1.83. The van der Waals surface area contributed by atoms with Crippen LogP contribution in [-0.4, -0.2) is 15.1 Å². The zero-order chi connectivity index (χ0) is 26.2. The summed E-state index contributed by atoms with van der Waals surface area (Å²) in [4.78, 5) is 19.2. The molecular formula is C26H17ClF3N3O3S. The number of H-pyrrole nitrogens is 1. The fourth-order valence-corrected chi connectivity index (χ4v) is 5.11. The Bertz CT molecular complexity index is 1600. The van der Waals surface area contributed by atoms with E-state index >= 15 is 0 Å². The first-order chi connectivity index (χ1) is 17.7. The number of nitrogens with one attached hydrogen (secondary N) is 1. The molecule has 0 radical (unpaired) electrons. The van der Waals surface area contributed by atoms with E-state index in [1.807, 2.05) is 37.3 Å². The molecule has 1 N–H and O–H groups in total. The third-order valence-electron chi connectivity index (χ3n) is 5.52. The van der Waals surface area contributed by atoms with Gasteiger partial charge in [-0.25, -0.2) is 9.78 Å². The Morgan fingerprint density at radius 3 is 2.41 bits per heavy atom. The van der Waals surface area contributed by atoms with Crippen LogP contribution in [0.15, 0.2) is 82.1 Å². The smallest absolute Gasteiger partial charge is 0.439 e. The van der Waals surface area contributed by atoms with Gasteiger partial charge in [0.15, 0.2) is 11.9 Å². The molecule has 1 unspecified atom stereocenters. The molecule has 2 aromatic heterocycles. The predicted octanol–water partition coefficient (Wildman–Crippen LogP) is 7.30. The van der Waals surface area contributed by atoms with Crippen LogP contribution >= 0.6 is 22.9 Å². The quantitative estimate of drug-likeness (QED) is 0.243. The van der Waals surface area contributed by atoms with Gasteiger partial charge in [0.1, 0.15) is 10.8 Å². The average molecular weight is 544 g/mol. The number of ether oxygens (including phenoxy) is 1. The molecule has 0 aliphatic rings.